The molecule has 16 heavy (non-hydrogen) atoms. The minimum atomic E-state index is -1.11. The Balaban J connectivity index is 2.50. The lowest BCUT2D eigenvalue weighted by molar-refractivity contribution is -0.138. The number of rotatable bonds is 2. The van der Waals surface area contributed by atoms with Crippen molar-refractivity contribution in [3.05, 3.63) is 39.2 Å². The molecule has 0 radical (unpaired) electrons. The maximum absolute atomic E-state index is 11.0. The molecule has 84 valence electrons. The number of carbonyl (C=O) groups is 1. The summed E-state index contributed by atoms with van der Waals surface area (Å²) >= 11 is 2.13. The van der Waals surface area contributed by atoms with E-state index in [9.17, 15) is 4.79 Å². The predicted molar refractivity (Wildman–Crippen MR) is 65.3 cm³/mol. The Hall–Kier alpha value is -1.24. The van der Waals surface area contributed by atoms with E-state index in [1.807, 2.05) is 18.2 Å². The van der Waals surface area contributed by atoms with Gasteiger partial charge in [0.05, 0.1) is 0 Å². The average molecular weight is 332 g/mol. The van der Waals surface area contributed by atoms with E-state index < -0.39 is 12.3 Å². The smallest absolute Gasteiger partial charge is 0.375 e. The lowest BCUT2D eigenvalue weighted by Crippen LogP contribution is -2.06. The molecule has 0 saturated carbocycles. The summed E-state index contributed by atoms with van der Waals surface area (Å²) in [6.45, 7) is 1.66. The molecule has 1 aromatic carbocycles. The third kappa shape index (κ3) is 1.99. The van der Waals surface area contributed by atoms with Crippen molar-refractivity contribution in [3.8, 4) is 0 Å². The maximum Gasteiger partial charge on any atom is 0.375 e. The number of halogens is 1. The first-order valence-corrected chi connectivity index (χ1v) is 5.73. The molecule has 0 fully saturated rings. The maximum atomic E-state index is 11.0. The molecule has 4 nitrogen and oxygen atoms in total. The van der Waals surface area contributed by atoms with E-state index in [1.54, 1.807) is 13.0 Å². The van der Waals surface area contributed by atoms with Gasteiger partial charge < -0.3 is 14.6 Å². The van der Waals surface area contributed by atoms with Crippen LogP contribution in [0, 0.1) is 3.57 Å². The molecule has 0 saturated heterocycles. The van der Waals surface area contributed by atoms with Gasteiger partial charge in [-0.2, -0.15) is 0 Å². The molecule has 1 N–H and O–H groups in total. The van der Waals surface area contributed by atoms with Gasteiger partial charge in [-0.1, -0.05) is 18.2 Å². The molecule has 1 aliphatic rings. The Morgan fingerprint density at radius 1 is 1.38 bits per heavy atom. The molecular formula is C11H9IO4. The van der Waals surface area contributed by atoms with Gasteiger partial charge in [-0.25, -0.2) is 4.79 Å². The van der Waals surface area contributed by atoms with Crippen LogP contribution in [0.5, 0.6) is 0 Å². The lowest BCUT2D eigenvalue weighted by atomic mass is 10.1. The number of hydrogen-bond acceptors (Lipinski definition) is 3. The quantitative estimate of drug-likeness (QED) is 0.846. The summed E-state index contributed by atoms with van der Waals surface area (Å²) in [5.41, 5.74) is 0.741. The number of hydrogen-bond donors (Lipinski definition) is 1. The number of aliphatic carboxylic acids is 1. The number of ether oxygens (including phenoxy) is 2. The highest BCUT2D eigenvalue weighted by atomic mass is 127. The van der Waals surface area contributed by atoms with Crippen molar-refractivity contribution in [1.82, 2.24) is 0 Å². The van der Waals surface area contributed by atoms with Gasteiger partial charge >= 0.3 is 5.97 Å². The van der Waals surface area contributed by atoms with Crippen molar-refractivity contribution in [2.45, 2.75) is 13.2 Å². The van der Waals surface area contributed by atoms with Crippen LogP contribution < -0.4 is 0 Å². The van der Waals surface area contributed by atoms with Crippen LogP contribution in [0.1, 0.15) is 12.5 Å². The Morgan fingerprint density at radius 3 is 2.69 bits per heavy atom. The Kier molecular flexibility index (Phi) is 3.04. The van der Waals surface area contributed by atoms with Crippen molar-refractivity contribution in [2.24, 2.45) is 0 Å². The van der Waals surface area contributed by atoms with Crippen LogP contribution in [0.3, 0.4) is 0 Å². The van der Waals surface area contributed by atoms with Crippen LogP contribution in [0.4, 0.5) is 0 Å². The third-order valence-corrected chi connectivity index (χ3v) is 3.03. The van der Waals surface area contributed by atoms with Crippen molar-refractivity contribution in [2.75, 3.05) is 0 Å². The lowest BCUT2D eigenvalue weighted by Gasteiger charge is -2.06. The fourth-order valence-corrected chi connectivity index (χ4v) is 2.07. The summed E-state index contributed by atoms with van der Waals surface area (Å²) in [4.78, 5) is 11.0. The molecule has 0 amide bonds. The van der Waals surface area contributed by atoms with Crippen LogP contribution in [-0.2, 0) is 14.3 Å². The minimum Gasteiger partial charge on any atom is -0.475 e. The monoisotopic (exact) mass is 332 g/mol. The molecule has 1 aromatic rings. The van der Waals surface area contributed by atoms with Gasteiger partial charge in [0.15, 0.2) is 5.76 Å². The highest BCUT2D eigenvalue weighted by molar-refractivity contribution is 14.1. The third-order valence-electron chi connectivity index (χ3n) is 2.09. The van der Waals surface area contributed by atoms with Gasteiger partial charge in [-0.05, 0) is 28.7 Å². The minimum absolute atomic E-state index is 0.128. The zero-order chi connectivity index (χ0) is 11.7. The molecule has 1 unspecified atom stereocenters. The largest absolute Gasteiger partial charge is 0.475 e. The Labute approximate surface area is 106 Å². The van der Waals surface area contributed by atoms with Gasteiger partial charge in [-0.15, -0.1) is 0 Å². The van der Waals surface area contributed by atoms with Crippen molar-refractivity contribution < 1.29 is 19.4 Å². The van der Waals surface area contributed by atoms with Crippen molar-refractivity contribution >= 4 is 34.3 Å². The molecule has 0 bridgehead atoms. The van der Waals surface area contributed by atoms with Crippen LogP contribution in [0.2, 0.25) is 0 Å². The number of carboxylic acids is 1. The first-order valence-electron chi connectivity index (χ1n) is 4.65. The topological polar surface area (TPSA) is 55.8 Å². The molecule has 0 aliphatic carbocycles. The summed E-state index contributed by atoms with van der Waals surface area (Å²) in [7, 11) is 0. The predicted octanol–water partition coefficient (Wildman–Crippen LogP) is 2.44. The molecule has 1 aliphatic heterocycles. The second-order valence-electron chi connectivity index (χ2n) is 3.25. The molecular weight excluding hydrogens is 323 g/mol. The van der Waals surface area contributed by atoms with Crippen LogP contribution in [0.25, 0.3) is 5.76 Å². The van der Waals surface area contributed by atoms with Gasteiger partial charge in [0.2, 0.25) is 6.29 Å². The molecule has 1 atom stereocenters. The summed E-state index contributed by atoms with van der Waals surface area (Å²) < 4.78 is 11.4. The summed E-state index contributed by atoms with van der Waals surface area (Å²) in [5, 5.41) is 8.99. The molecule has 1 heterocycles. The van der Waals surface area contributed by atoms with E-state index in [1.165, 1.54) is 0 Å². The van der Waals surface area contributed by atoms with E-state index in [0.29, 0.717) is 5.76 Å². The van der Waals surface area contributed by atoms with E-state index in [4.69, 9.17) is 14.6 Å². The second-order valence-corrected chi connectivity index (χ2v) is 4.41. The van der Waals surface area contributed by atoms with Crippen LogP contribution in [0.15, 0.2) is 30.0 Å². The molecule has 0 aromatic heterocycles. The van der Waals surface area contributed by atoms with Gasteiger partial charge in [0, 0.05) is 16.1 Å². The van der Waals surface area contributed by atoms with E-state index >= 15 is 0 Å². The Bertz CT molecular complexity index is 467. The fraction of sp³-hybridized carbons (Fsp3) is 0.182. The van der Waals surface area contributed by atoms with Gasteiger partial charge in [-0.3, -0.25) is 0 Å². The van der Waals surface area contributed by atoms with Crippen LogP contribution in [-0.4, -0.2) is 17.4 Å². The van der Waals surface area contributed by atoms with E-state index in [0.717, 1.165) is 9.13 Å². The normalized spacial score (nSPS) is 19.2. The molecule has 0 spiro atoms. The van der Waals surface area contributed by atoms with Gasteiger partial charge in [0.25, 0.3) is 5.76 Å². The highest BCUT2D eigenvalue weighted by Crippen LogP contribution is 2.32. The van der Waals surface area contributed by atoms with Crippen LogP contribution >= 0.6 is 22.6 Å². The zero-order valence-electron chi connectivity index (χ0n) is 8.44. The van der Waals surface area contributed by atoms with E-state index in [-0.39, 0.29) is 5.76 Å². The van der Waals surface area contributed by atoms with E-state index in [2.05, 4.69) is 22.6 Å². The first-order chi connectivity index (χ1) is 7.59. The second kappa shape index (κ2) is 4.32. The standard InChI is InChI=1S/C11H9IO4/c1-6-15-9(10(16-6)11(13)14)7-4-2-3-5-8(7)12/h2-6H,1H3,(H,13,14). The van der Waals surface area contributed by atoms with Crippen molar-refractivity contribution in [3.63, 3.8) is 0 Å². The molecule has 5 heteroatoms. The summed E-state index contributed by atoms with van der Waals surface area (Å²) in [6, 6.07) is 7.40. The summed E-state index contributed by atoms with van der Waals surface area (Å²) in [5.74, 6) is -0.944. The fourth-order valence-electron chi connectivity index (χ4n) is 1.44. The van der Waals surface area contributed by atoms with Gasteiger partial charge in [0.1, 0.15) is 0 Å². The summed E-state index contributed by atoms with van der Waals surface area (Å²) in [6.07, 6.45) is -0.558. The SMILES string of the molecule is CC1OC(C(=O)O)=C(c2ccccc2I)O1. The number of carboxylic acid groups (broad SMARTS) is 1. The van der Waals surface area contributed by atoms with Crippen molar-refractivity contribution in [1.29, 1.82) is 0 Å². The highest BCUT2D eigenvalue weighted by Gasteiger charge is 2.30. The average Bonchev–Trinajstić information content (AvgIpc) is 2.61. The Morgan fingerprint density at radius 2 is 2.06 bits per heavy atom. The molecule has 2 rings (SSSR count). The zero-order valence-corrected chi connectivity index (χ0v) is 10.6. The number of benzene rings is 1. The first kappa shape index (κ1) is 11.3.